The van der Waals surface area contributed by atoms with Crippen molar-refractivity contribution in [2.75, 3.05) is 39.6 Å². The first-order valence-corrected chi connectivity index (χ1v) is 44.3. The first-order valence-electron chi connectivity index (χ1n) is 41.3. The molecule has 0 saturated heterocycles. The van der Waals surface area contributed by atoms with Crippen LogP contribution in [0.25, 0.3) is 0 Å². The van der Waals surface area contributed by atoms with Crippen LogP contribution in [0.2, 0.25) is 0 Å². The number of unbranched alkanes of at least 4 members (excludes halogenated alkanes) is 45. The number of aliphatic hydroxyl groups is 1. The largest absolute Gasteiger partial charge is 0.472 e. The molecule has 2 unspecified atom stereocenters. The van der Waals surface area contributed by atoms with E-state index in [1.807, 2.05) is 0 Å². The predicted molar refractivity (Wildman–Crippen MR) is 409 cm³/mol. The fourth-order valence-electron chi connectivity index (χ4n) is 12.0. The summed E-state index contributed by atoms with van der Waals surface area (Å²) in [5.74, 6) is -0.603. The summed E-state index contributed by atoms with van der Waals surface area (Å²) in [4.78, 5) is 73.0. The van der Waals surface area contributed by atoms with Crippen LogP contribution in [0.3, 0.4) is 0 Å². The number of phosphoric ester groups is 2. The van der Waals surface area contributed by atoms with Crippen LogP contribution in [0.15, 0.2) is 24.3 Å². The van der Waals surface area contributed by atoms with Gasteiger partial charge in [0.15, 0.2) is 12.2 Å². The Kier molecular flexibility index (Phi) is 70.3. The van der Waals surface area contributed by atoms with E-state index in [9.17, 15) is 43.2 Å². The lowest BCUT2D eigenvalue weighted by atomic mass is 10.0. The lowest BCUT2D eigenvalue weighted by molar-refractivity contribution is -0.161. The molecule has 0 rings (SSSR count). The van der Waals surface area contributed by atoms with E-state index < -0.39 is 97.5 Å². The molecule has 0 spiro atoms. The summed E-state index contributed by atoms with van der Waals surface area (Å²) >= 11 is 0. The Morgan fingerprint density at radius 1 is 0.310 bits per heavy atom. The maximum absolute atomic E-state index is 13.1. The molecule has 0 aromatic heterocycles. The normalized spacial score (nSPS) is 14.1. The maximum atomic E-state index is 13.1. The van der Waals surface area contributed by atoms with Gasteiger partial charge in [-0.05, 0) is 63.2 Å². The second-order valence-corrected chi connectivity index (χ2v) is 32.3. The molecule has 19 heteroatoms. The van der Waals surface area contributed by atoms with Gasteiger partial charge in [-0.25, -0.2) is 9.13 Å². The number of carbonyl (C=O) groups excluding carboxylic acids is 4. The van der Waals surface area contributed by atoms with Crippen molar-refractivity contribution in [1.29, 1.82) is 0 Å². The van der Waals surface area contributed by atoms with E-state index in [0.29, 0.717) is 25.7 Å². The smallest absolute Gasteiger partial charge is 0.462 e. The molecule has 3 N–H and O–H groups in total. The van der Waals surface area contributed by atoms with E-state index in [2.05, 4.69) is 65.8 Å². The molecule has 5 atom stereocenters. The van der Waals surface area contributed by atoms with Crippen LogP contribution in [0.5, 0.6) is 0 Å². The first-order chi connectivity index (χ1) is 48.4. The van der Waals surface area contributed by atoms with E-state index in [1.54, 1.807) is 0 Å². The number of ether oxygens (including phenoxy) is 4. The van der Waals surface area contributed by atoms with Gasteiger partial charge in [-0.3, -0.25) is 37.3 Å². The number of phosphoric acid groups is 2. The second kappa shape index (κ2) is 72.1. The molecule has 100 heavy (non-hydrogen) atoms. The van der Waals surface area contributed by atoms with Gasteiger partial charge in [0, 0.05) is 25.7 Å². The number of allylic oxidation sites excluding steroid dienone is 4. The maximum Gasteiger partial charge on any atom is 0.472 e. The molecule has 0 aromatic carbocycles. The molecule has 0 amide bonds. The Morgan fingerprint density at radius 2 is 0.540 bits per heavy atom. The standard InChI is InChI=1S/C81H154O17P2/c1-7-9-11-13-15-17-19-21-23-25-29-33-39-45-51-57-63-78(83)91-69-76(97-81(86)66-60-54-48-41-35-31-27-26-28-32-37-43-49-55-61-73(3)4)71-95-99(87,88)93-67-75(82)68-94-100(89,90)96-72-77(70-92-79(84)64-58-52-46-42-36-38-44-50-56-62-74(5)6)98-80(85)65-59-53-47-40-34-30-24-22-20-18-16-14-12-10-8-2/h18,20,22,24,73-77,82H,7-17,19,21,23,25-72H2,1-6H3,(H,87,88)(H,89,90)/b20-18-,24-22-/t75-,76-,77-/m1/s1. The van der Waals surface area contributed by atoms with Crippen molar-refractivity contribution in [3.05, 3.63) is 24.3 Å². The molecular formula is C81H154O17P2. The van der Waals surface area contributed by atoms with Crippen LogP contribution in [0, 0.1) is 11.8 Å². The van der Waals surface area contributed by atoms with Gasteiger partial charge in [0.25, 0.3) is 0 Å². The van der Waals surface area contributed by atoms with Gasteiger partial charge in [-0.1, -0.05) is 348 Å². The number of rotatable bonds is 78. The molecule has 0 fully saturated rings. The van der Waals surface area contributed by atoms with E-state index >= 15 is 0 Å². The van der Waals surface area contributed by atoms with E-state index in [0.717, 1.165) is 115 Å². The van der Waals surface area contributed by atoms with Crippen molar-refractivity contribution < 1.29 is 80.2 Å². The number of aliphatic hydroxyl groups excluding tert-OH is 1. The average Bonchev–Trinajstić information content (AvgIpc) is 0.936. The average molecular weight is 1460 g/mol. The van der Waals surface area contributed by atoms with Crippen LogP contribution in [-0.2, 0) is 65.4 Å². The minimum atomic E-state index is -4.97. The quantitative estimate of drug-likeness (QED) is 0.0169. The number of hydrogen-bond donors (Lipinski definition) is 3. The molecule has 0 bridgehead atoms. The van der Waals surface area contributed by atoms with Crippen LogP contribution < -0.4 is 0 Å². The van der Waals surface area contributed by atoms with E-state index in [1.165, 1.54) is 205 Å². The predicted octanol–water partition coefficient (Wildman–Crippen LogP) is 23.8. The zero-order valence-electron chi connectivity index (χ0n) is 65.0. The molecule has 0 saturated carbocycles. The van der Waals surface area contributed by atoms with Gasteiger partial charge in [-0.15, -0.1) is 0 Å². The van der Waals surface area contributed by atoms with Crippen molar-refractivity contribution in [3.8, 4) is 0 Å². The van der Waals surface area contributed by atoms with Gasteiger partial charge < -0.3 is 33.8 Å². The molecule has 0 aliphatic heterocycles. The Balaban J connectivity index is 5.30. The minimum Gasteiger partial charge on any atom is -0.462 e. The van der Waals surface area contributed by atoms with Crippen molar-refractivity contribution >= 4 is 39.5 Å². The number of esters is 4. The SMILES string of the molecule is CCCCCC/C=C\C=C/CCCCCCCC(=O)O[C@H](COC(=O)CCCCCCCCCCCC(C)C)COP(=O)(O)OC[C@H](O)COP(=O)(O)OC[C@@H](COC(=O)CCCCCCCCCCCCCCCCCC)OC(=O)CCCCCCCCCCCCCCCCC(C)C. The van der Waals surface area contributed by atoms with Gasteiger partial charge in [0.2, 0.25) is 0 Å². The number of carbonyl (C=O) groups is 4. The first kappa shape index (κ1) is 97.5. The van der Waals surface area contributed by atoms with Gasteiger partial charge in [0.05, 0.1) is 26.4 Å². The highest BCUT2D eigenvalue weighted by Crippen LogP contribution is 2.45. The zero-order chi connectivity index (χ0) is 73.5. The van der Waals surface area contributed by atoms with Crippen molar-refractivity contribution in [2.45, 2.75) is 419 Å². The van der Waals surface area contributed by atoms with Crippen LogP contribution in [0.4, 0.5) is 0 Å². The van der Waals surface area contributed by atoms with Crippen LogP contribution >= 0.6 is 15.6 Å². The third-order valence-electron chi connectivity index (χ3n) is 18.3. The molecule has 17 nitrogen and oxygen atoms in total. The third kappa shape index (κ3) is 73.8. The van der Waals surface area contributed by atoms with Gasteiger partial charge >= 0.3 is 39.5 Å². The van der Waals surface area contributed by atoms with E-state index in [-0.39, 0.29) is 25.7 Å². The lowest BCUT2D eigenvalue weighted by Gasteiger charge is -2.21. The monoisotopic (exact) mass is 1460 g/mol. The summed E-state index contributed by atoms with van der Waals surface area (Å²) in [5.41, 5.74) is 0. The summed E-state index contributed by atoms with van der Waals surface area (Å²) in [6.07, 6.45) is 64.5. The summed E-state index contributed by atoms with van der Waals surface area (Å²) in [6, 6.07) is 0. The fraction of sp³-hybridized carbons (Fsp3) is 0.901. The van der Waals surface area contributed by atoms with Gasteiger partial charge in [0.1, 0.15) is 19.3 Å². The second-order valence-electron chi connectivity index (χ2n) is 29.4. The molecule has 590 valence electrons. The topological polar surface area (TPSA) is 237 Å². The molecule has 0 aliphatic rings. The van der Waals surface area contributed by atoms with Crippen LogP contribution in [0.1, 0.15) is 401 Å². The zero-order valence-corrected chi connectivity index (χ0v) is 66.8. The Morgan fingerprint density at radius 3 is 0.820 bits per heavy atom. The summed E-state index contributed by atoms with van der Waals surface area (Å²) < 4.78 is 68.7. The number of hydrogen-bond acceptors (Lipinski definition) is 15. The summed E-state index contributed by atoms with van der Waals surface area (Å²) in [6.45, 7) is 9.57. The lowest BCUT2D eigenvalue weighted by Crippen LogP contribution is -2.30. The molecule has 0 aromatic rings. The third-order valence-corrected chi connectivity index (χ3v) is 20.2. The summed E-state index contributed by atoms with van der Waals surface area (Å²) in [7, 11) is -9.93. The highest BCUT2D eigenvalue weighted by molar-refractivity contribution is 7.47. The van der Waals surface area contributed by atoms with Crippen molar-refractivity contribution in [3.63, 3.8) is 0 Å². The van der Waals surface area contributed by atoms with Crippen molar-refractivity contribution in [1.82, 2.24) is 0 Å². The molecule has 0 heterocycles. The molecular weight excluding hydrogens is 1310 g/mol. The van der Waals surface area contributed by atoms with Crippen LogP contribution in [-0.4, -0.2) is 96.7 Å². The highest BCUT2D eigenvalue weighted by Gasteiger charge is 2.30. The highest BCUT2D eigenvalue weighted by atomic mass is 31.2. The Bertz CT molecular complexity index is 2020. The summed E-state index contributed by atoms with van der Waals surface area (Å²) in [5, 5.41) is 10.6. The molecule has 0 radical (unpaired) electrons. The Labute approximate surface area is 612 Å². The van der Waals surface area contributed by atoms with Gasteiger partial charge in [-0.2, -0.15) is 0 Å². The fourth-order valence-corrected chi connectivity index (χ4v) is 13.6. The minimum absolute atomic E-state index is 0.0848. The van der Waals surface area contributed by atoms with E-state index in [4.69, 9.17) is 37.0 Å². The van der Waals surface area contributed by atoms with Crippen molar-refractivity contribution in [2.24, 2.45) is 11.8 Å². The Hall–Kier alpha value is -2.46. The molecule has 0 aliphatic carbocycles.